The van der Waals surface area contributed by atoms with Crippen LogP contribution in [0.5, 0.6) is 0 Å². The highest BCUT2D eigenvalue weighted by atomic mass is 16.5. The third-order valence-electron chi connectivity index (χ3n) is 2.07. The number of rotatable bonds is 2. The summed E-state index contributed by atoms with van der Waals surface area (Å²) in [6, 6.07) is 0. The monoisotopic (exact) mass is 157 g/mol. The molecule has 3 nitrogen and oxygen atoms in total. The molecule has 1 N–H and O–H groups in total. The zero-order valence-corrected chi connectivity index (χ0v) is 7.14. The molecule has 64 valence electrons. The number of hydrogen-bond acceptors (Lipinski definition) is 3. The Bertz CT molecular complexity index is 150. The Morgan fingerprint density at radius 1 is 1.73 bits per heavy atom. The summed E-state index contributed by atoms with van der Waals surface area (Å²) in [5.41, 5.74) is -0.562. The molecule has 0 spiro atoms. The summed E-state index contributed by atoms with van der Waals surface area (Å²) in [4.78, 5) is 11.3. The maximum absolute atomic E-state index is 11.3. The SMILES string of the molecule is CCC(=O)C1(C)CNCCO1. The number of morpholine rings is 1. The molecule has 1 aliphatic heterocycles. The molecule has 0 bridgehead atoms. The van der Waals surface area contributed by atoms with Crippen LogP contribution in [0.4, 0.5) is 0 Å². The van der Waals surface area contributed by atoms with Gasteiger partial charge in [0.05, 0.1) is 6.61 Å². The van der Waals surface area contributed by atoms with Crippen molar-refractivity contribution in [3.63, 3.8) is 0 Å². The minimum Gasteiger partial charge on any atom is -0.365 e. The van der Waals surface area contributed by atoms with Gasteiger partial charge in [-0.2, -0.15) is 0 Å². The molecule has 0 amide bonds. The fraction of sp³-hybridized carbons (Fsp3) is 0.875. The quantitative estimate of drug-likeness (QED) is 0.628. The molecule has 0 aromatic carbocycles. The van der Waals surface area contributed by atoms with Gasteiger partial charge < -0.3 is 10.1 Å². The van der Waals surface area contributed by atoms with Gasteiger partial charge in [0.2, 0.25) is 0 Å². The Morgan fingerprint density at radius 3 is 2.91 bits per heavy atom. The second-order valence-corrected chi connectivity index (χ2v) is 3.03. The van der Waals surface area contributed by atoms with E-state index in [-0.39, 0.29) is 5.78 Å². The minimum absolute atomic E-state index is 0.185. The molecule has 0 saturated carbocycles. The predicted molar refractivity (Wildman–Crippen MR) is 42.5 cm³/mol. The molecule has 1 fully saturated rings. The average Bonchev–Trinajstić information content (AvgIpc) is 2.04. The Kier molecular flexibility index (Phi) is 2.62. The normalized spacial score (nSPS) is 31.8. The Labute approximate surface area is 67.1 Å². The van der Waals surface area contributed by atoms with Crippen LogP contribution in [0.25, 0.3) is 0 Å². The minimum atomic E-state index is -0.562. The summed E-state index contributed by atoms with van der Waals surface area (Å²) in [5.74, 6) is 0.185. The van der Waals surface area contributed by atoms with Gasteiger partial charge in [-0.3, -0.25) is 4.79 Å². The highest BCUT2D eigenvalue weighted by Crippen LogP contribution is 2.14. The van der Waals surface area contributed by atoms with Crippen LogP contribution in [0.1, 0.15) is 20.3 Å². The summed E-state index contributed by atoms with van der Waals surface area (Å²) in [6.07, 6.45) is 0.554. The molecule has 0 radical (unpaired) electrons. The number of nitrogens with one attached hydrogen (secondary N) is 1. The summed E-state index contributed by atoms with van der Waals surface area (Å²) >= 11 is 0. The lowest BCUT2D eigenvalue weighted by molar-refractivity contribution is -0.145. The molecule has 0 aliphatic carbocycles. The van der Waals surface area contributed by atoms with Gasteiger partial charge in [0.15, 0.2) is 5.78 Å². The number of carbonyl (C=O) groups is 1. The van der Waals surface area contributed by atoms with Gasteiger partial charge in [0, 0.05) is 19.5 Å². The van der Waals surface area contributed by atoms with E-state index in [1.54, 1.807) is 0 Å². The summed E-state index contributed by atoms with van der Waals surface area (Å²) in [7, 11) is 0. The second kappa shape index (κ2) is 3.32. The first-order chi connectivity index (χ1) is 5.19. The maximum atomic E-state index is 11.3. The fourth-order valence-corrected chi connectivity index (χ4v) is 1.28. The third kappa shape index (κ3) is 1.79. The van der Waals surface area contributed by atoms with E-state index in [0.29, 0.717) is 19.6 Å². The number of Topliss-reactive ketones (excluding diaryl/α,β-unsaturated/α-hetero) is 1. The van der Waals surface area contributed by atoms with Gasteiger partial charge >= 0.3 is 0 Å². The van der Waals surface area contributed by atoms with Crippen molar-refractivity contribution in [2.45, 2.75) is 25.9 Å². The Balaban J connectivity index is 2.56. The second-order valence-electron chi connectivity index (χ2n) is 3.03. The number of ether oxygens (including phenoxy) is 1. The van der Waals surface area contributed by atoms with Gasteiger partial charge in [-0.15, -0.1) is 0 Å². The molecule has 1 saturated heterocycles. The van der Waals surface area contributed by atoms with Crippen LogP contribution < -0.4 is 5.32 Å². The van der Waals surface area contributed by atoms with Crippen molar-refractivity contribution < 1.29 is 9.53 Å². The molecular formula is C8H15NO2. The predicted octanol–water partition coefficient (Wildman–Crippen LogP) is 0.344. The largest absolute Gasteiger partial charge is 0.365 e. The molecule has 3 heteroatoms. The lowest BCUT2D eigenvalue weighted by Gasteiger charge is -2.32. The summed E-state index contributed by atoms with van der Waals surface area (Å²) in [6.45, 7) is 5.87. The van der Waals surface area contributed by atoms with Crippen LogP contribution in [0.2, 0.25) is 0 Å². The first-order valence-electron chi connectivity index (χ1n) is 4.07. The highest BCUT2D eigenvalue weighted by Gasteiger charge is 2.34. The van der Waals surface area contributed by atoms with Crippen LogP contribution in [0.15, 0.2) is 0 Å². The van der Waals surface area contributed by atoms with Crippen molar-refractivity contribution in [1.29, 1.82) is 0 Å². The zero-order valence-electron chi connectivity index (χ0n) is 7.14. The van der Waals surface area contributed by atoms with Crippen molar-refractivity contribution in [3.8, 4) is 0 Å². The topological polar surface area (TPSA) is 38.3 Å². The third-order valence-corrected chi connectivity index (χ3v) is 2.07. The van der Waals surface area contributed by atoms with Crippen LogP contribution in [-0.2, 0) is 9.53 Å². The number of hydrogen-bond donors (Lipinski definition) is 1. The smallest absolute Gasteiger partial charge is 0.165 e. The molecular weight excluding hydrogens is 142 g/mol. The van der Waals surface area contributed by atoms with Crippen molar-refractivity contribution in [2.75, 3.05) is 19.7 Å². The van der Waals surface area contributed by atoms with Gasteiger partial charge in [0.1, 0.15) is 5.60 Å². The van der Waals surface area contributed by atoms with Crippen LogP contribution in [0, 0.1) is 0 Å². The number of carbonyl (C=O) groups excluding carboxylic acids is 1. The molecule has 0 aromatic heterocycles. The van der Waals surface area contributed by atoms with Crippen molar-refractivity contribution in [2.24, 2.45) is 0 Å². The lowest BCUT2D eigenvalue weighted by Crippen LogP contribution is -2.52. The van der Waals surface area contributed by atoms with E-state index in [9.17, 15) is 4.79 Å². The molecule has 1 aliphatic rings. The Morgan fingerprint density at radius 2 is 2.45 bits per heavy atom. The zero-order chi connectivity index (χ0) is 8.32. The number of ketones is 1. The van der Waals surface area contributed by atoms with Crippen LogP contribution in [-0.4, -0.2) is 31.1 Å². The molecule has 1 atom stereocenters. The van der Waals surface area contributed by atoms with E-state index in [1.165, 1.54) is 0 Å². The van der Waals surface area contributed by atoms with E-state index in [2.05, 4.69) is 5.32 Å². The fourth-order valence-electron chi connectivity index (χ4n) is 1.28. The van der Waals surface area contributed by atoms with E-state index in [4.69, 9.17) is 4.74 Å². The highest BCUT2D eigenvalue weighted by molar-refractivity contribution is 5.87. The van der Waals surface area contributed by atoms with E-state index >= 15 is 0 Å². The van der Waals surface area contributed by atoms with E-state index < -0.39 is 5.60 Å². The van der Waals surface area contributed by atoms with E-state index in [0.717, 1.165) is 6.54 Å². The standard InChI is InChI=1S/C8H15NO2/c1-3-7(10)8(2)6-9-4-5-11-8/h9H,3-6H2,1-2H3. The molecule has 11 heavy (non-hydrogen) atoms. The molecule has 1 heterocycles. The van der Waals surface area contributed by atoms with Crippen molar-refractivity contribution >= 4 is 5.78 Å². The van der Waals surface area contributed by atoms with Crippen molar-refractivity contribution in [3.05, 3.63) is 0 Å². The van der Waals surface area contributed by atoms with Gasteiger partial charge in [-0.05, 0) is 6.92 Å². The molecule has 0 aromatic rings. The average molecular weight is 157 g/mol. The van der Waals surface area contributed by atoms with Crippen LogP contribution in [0.3, 0.4) is 0 Å². The molecule has 1 unspecified atom stereocenters. The van der Waals surface area contributed by atoms with Gasteiger partial charge in [-0.25, -0.2) is 0 Å². The van der Waals surface area contributed by atoms with Gasteiger partial charge in [0.25, 0.3) is 0 Å². The van der Waals surface area contributed by atoms with Crippen LogP contribution >= 0.6 is 0 Å². The summed E-state index contributed by atoms with van der Waals surface area (Å²) < 4.78 is 5.41. The maximum Gasteiger partial charge on any atom is 0.165 e. The molecule has 1 rings (SSSR count). The lowest BCUT2D eigenvalue weighted by atomic mass is 9.97. The first-order valence-corrected chi connectivity index (χ1v) is 4.07. The first kappa shape index (κ1) is 8.68. The van der Waals surface area contributed by atoms with Crippen molar-refractivity contribution in [1.82, 2.24) is 5.32 Å². The van der Waals surface area contributed by atoms with E-state index in [1.807, 2.05) is 13.8 Å². The van der Waals surface area contributed by atoms with Gasteiger partial charge in [-0.1, -0.05) is 6.92 Å². The summed E-state index contributed by atoms with van der Waals surface area (Å²) in [5, 5.41) is 3.14. The Hall–Kier alpha value is -0.410.